The first-order valence-electron chi connectivity index (χ1n) is 10.1. The Labute approximate surface area is 173 Å². The average Bonchev–Trinajstić information content (AvgIpc) is 3.48. The van der Waals surface area contributed by atoms with Crippen LogP contribution in [0.5, 0.6) is 0 Å². The van der Waals surface area contributed by atoms with Gasteiger partial charge in [-0.25, -0.2) is 17.6 Å². The fourth-order valence-corrected chi connectivity index (χ4v) is 3.78. The third-order valence-electron chi connectivity index (χ3n) is 5.87. The number of rotatable bonds is 10. The summed E-state index contributed by atoms with van der Waals surface area (Å²) in [4.78, 5) is 0. The van der Waals surface area contributed by atoms with Crippen molar-refractivity contribution in [2.75, 3.05) is 13.2 Å². The first-order valence-corrected chi connectivity index (χ1v) is 10.1. The zero-order chi connectivity index (χ0) is 21.2. The van der Waals surface area contributed by atoms with E-state index in [1.807, 2.05) is 60.7 Å². The molecule has 2 nitrogen and oxygen atoms in total. The second-order valence-corrected chi connectivity index (χ2v) is 8.00. The molecule has 2 aromatic rings. The quantitative estimate of drug-likeness (QED) is 0.361. The van der Waals surface area contributed by atoms with E-state index in [1.54, 1.807) is 0 Å². The van der Waals surface area contributed by atoms with Crippen molar-refractivity contribution in [3.05, 3.63) is 83.9 Å². The number of halogens is 4. The van der Waals surface area contributed by atoms with Crippen LogP contribution in [0.25, 0.3) is 0 Å². The minimum atomic E-state index is -2.91. The Hall–Kier alpha value is -2.18. The van der Waals surface area contributed by atoms with Gasteiger partial charge in [-0.1, -0.05) is 72.8 Å². The Morgan fingerprint density at radius 1 is 0.633 bits per heavy atom. The van der Waals surface area contributed by atoms with Crippen molar-refractivity contribution in [2.24, 2.45) is 23.7 Å². The lowest BCUT2D eigenvalue weighted by atomic mass is 10.2. The fraction of sp³-hybridized carbons (Fsp3) is 0.417. The summed E-state index contributed by atoms with van der Waals surface area (Å²) in [6.07, 6.45) is 2.48. The summed E-state index contributed by atoms with van der Waals surface area (Å²) in [5, 5.41) is 0. The smallest absolute Gasteiger partial charge is 0.260 e. The molecule has 0 spiro atoms. The van der Waals surface area contributed by atoms with Crippen LogP contribution in [0.15, 0.2) is 72.8 Å². The van der Waals surface area contributed by atoms with Crippen LogP contribution >= 0.6 is 0 Å². The number of ether oxygens (including phenoxy) is 2. The molecular formula is C24H24F4O2. The maximum Gasteiger partial charge on any atom is 0.260 e. The molecule has 0 aliphatic heterocycles. The number of alkyl halides is 4. The number of benzene rings is 2. The molecule has 0 saturated heterocycles. The summed E-state index contributed by atoms with van der Waals surface area (Å²) >= 11 is 0. The molecule has 0 aromatic heterocycles. The highest BCUT2D eigenvalue weighted by atomic mass is 19.3. The second kappa shape index (κ2) is 8.52. The van der Waals surface area contributed by atoms with Crippen LogP contribution in [0.1, 0.15) is 11.1 Å². The monoisotopic (exact) mass is 420 g/mol. The molecule has 2 aromatic carbocycles. The summed E-state index contributed by atoms with van der Waals surface area (Å²) < 4.78 is 66.8. The molecule has 0 bridgehead atoms. The molecule has 30 heavy (non-hydrogen) atoms. The van der Waals surface area contributed by atoms with Crippen LogP contribution in [0, 0.1) is 23.7 Å². The van der Waals surface area contributed by atoms with Crippen LogP contribution in [0.4, 0.5) is 17.6 Å². The predicted octanol–water partition coefficient (Wildman–Crippen LogP) is 5.74. The highest BCUT2D eigenvalue weighted by Crippen LogP contribution is 2.59. The van der Waals surface area contributed by atoms with Crippen molar-refractivity contribution in [3.8, 4) is 0 Å². The summed E-state index contributed by atoms with van der Waals surface area (Å²) in [7, 11) is 0. The molecule has 2 saturated carbocycles. The van der Waals surface area contributed by atoms with Crippen molar-refractivity contribution in [2.45, 2.75) is 25.1 Å². The molecular weight excluding hydrogens is 396 g/mol. The molecule has 0 unspecified atom stereocenters. The maximum atomic E-state index is 14.0. The van der Waals surface area contributed by atoms with Crippen molar-refractivity contribution in [1.29, 1.82) is 0 Å². The van der Waals surface area contributed by atoms with E-state index in [-0.39, 0.29) is 26.4 Å². The predicted molar refractivity (Wildman–Crippen MR) is 105 cm³/mol. The third kappa shape index (κ3) is 4.60. The normalized spacial score (nSPS) is 28.5. The van der Waals surface area contributed by atoms with E-state index in [2.05, 4.69) is 0 Å². The van der Waals surface area contributed by atoms with E-state index in [9.17, 15) is 17.6 Å². The van der Waals surface area contributed by atoms with E-state index in [0.29, 0.717) is 0 Å². The highest BCUT2D eigenvalue weighted by molar-refractivity contribution is 5.22. The molecule has 6 heteroatoms. The first kappa shape index (κ1) is 21.1. The summed E-state index contributed by atoms with van der Waals surface area (Å²) in [5.74, 6) is -9.82. The Kier molecular flexibility index (Phi) is 5.98. The largest absolute Gasteiger partial charge is 0.376 e. The summed E-state index contributed by atoms with van der Waals surface area (Å²) in [5.41, 5.74) is 1.81. The number of hydrogen-bond acceptors (Lipinski definition) is 2. The Morgan fingerprint density at radius 3 is 1.37 bits per heavy atom. The van der Waals surface area contributed by atoms with Crippen molar-refractivity contribution in [3.63, 3.8) is 0 Å². The molecule has 4 rings (SSSR count). The van der Waals surface area contributed by atoms with E-state index in [4.69, 9.17) is 9.47 Å². The van der Waals surface area contributed by atoms with E-state index < -0.39 is 35.5 Å². The van der Waals surface area contributed by atoms with Crippen molar-refractivity contribution >= 4 is 0 Å². The Morgan fingerprint density at radius 2 is 1.00 bits per heavy atom. The number of hydrogen-bond donors (Lipinski definition) is 0. The van der Waals surface area contributed by atoms with Gasteiger partial charge in [-0.15, -0.1) is 0 Å². The Bertz CT molecular complexity index is 783. The standard InChI is InChI=1S/C24H24F4O2/c25-23(26)19(21(23)15-29-13-17-7-3-1-4-8-17)11-12-20-22(24(20,27)28)16-30-14-18-9-5-2-6-10-18/h1-12,19-22H,13-16H2/b12-11+/t19-,20+,21+,22-. The molecule has 0 amide bonds. The van der Waals surface area contributed by atoms with Gasteiger partial charge in [0.05, 0.1) is 50.1 Å². The molecule has 4 atom stereocenters. The van der Waals surface area contributed by atoms with E-state index in [1.165, 1.54) is 12.2 Å². The summed E-state index contributed by atoms with van der Waals surface area (Å²) in [6, 6.07) is 18.6. The minimum absolute atomic E-state index is 0.0957. The van der Waals surface area contributed by atoms with Crippen LogP contribution in [0.2, 0.25) is 0 Å². The molecule has 0 N–H and O–H groups in total. The van der Waals surface area contributed by atoms with Crippen LogP contribution < -0.4 is 0 Å². The van der Waals surface area contributed by atoms with Crippen molar-refractivity contribution in [1.82, 2.24) is 0 Å². The zero-order valence-electron chi connectivity index (χ0n) is 16.4. The lowest BCUT2D eigenvalue weighted by Gasteiger charge is -2.03. The van der Waals surface area contributed by atoms with Crippen LogP contribution in [-0.4, -0.2) is 25.1 Å². The van der Waals surface area contributed by atoms with Gasteiger partial charge in [0.2, 0.25) is 0 Å². The minimum Gasteiger partial charge on any atom is -0.376 e. The van der Waals surface area contributed by atoms with Crippen LogP contribution in [0.3, 0.4) is 0 Å². The van der Waals surface area contributed by atoms with Gasteiger partial charge in [0.15, 0.2) is 0 Å². The zero-order valence-corrected chi connectivity index (χ0v) is 16.4. The van der Waals surface area contributed by atoms with Gasteiger partial charge in [0.1, 0.15) is 0 Å². The van der Waals surface area contributed by atoms with Gasteiger partial charge in [-0.3, -0.25) is 0 Å². The van der Waals surface area contributed by atoms with Gasteiger partial charge >= 0.3 is 0 Å². The number of allylic oxidation sites excluding steroid dienone is 2. The second-order valence-electron chi connectivity index (χ2n) is 8.00. The maximum absolute atomic E-state index is 14.0. The van der Waals surface area contributed by atoms with Crippen LogP contribution in [-0.2, 0) is 22.7 Å². The van der Waals surface area contributed by atoms with E-state index >= 15 is 0 Å². The van der Waals surface area contributed by atoms with E-state index in [0.717, 1.165) is 11.1 Å². The fourth-order valence-electron chi connectivity index (χ4n) is 3.78. The SMILES string of the molecule is FC1(F)[C@H](COCc2ccccc2)[C@@H]1/C=C/[C@@H]1[C@H](COCc2ccccc2)C1(F)F. The first-order chi connectivity index (χ1) is 14.4. The molecule has 2 fully saturated rings. The van der Waals surface area contributed by atoms with Gasteiger partial charge < -0.3 is 9.47 Å². The average molecular weight is 420 g/mol. The lowest BCUT2D eigenvalue weighted by molar-refractivity contribution is 0.0464. The highest BCUT2D eigenvalue weighted by Gasteiger charge is 2.69. The Balaban J connectivity index is 1.22. The van der Waals surface area contributed by atoms with Gasteiger partial charge in [-0.05, 0) is 11.1 Å². The molecule has 0 heterocycles. The van der Waals surface area contributed by atoms with Gasteiger partial charge in [-0.2, -0.15) is 0 Å². The molecule has 160 valence electrons. The molecule has 2 aliphatic carbocycles. The lowest BCUT2D eigenvalue weighted by Crippen LogP contribution is -2.03. The molecule has 0 radical (unpaired) electrons. The molecule has 2 aliphatic rings. The third-order valence-corrected chi connectivity index (χ3v) is 5.87. The van der Waals surface area contributed by atoms with Crippen molar-refractivity contribution < 1.29 is 27.0 Å². The van der Waals surface area contributed by atoms with Gasteiger partial charge in [0.25, 0.3) is 11.8 Å². The summed E-state index contributed by atoms with van der Waals surface area (Å²) in [6.45, 7) is 0.319. The topological polar surface area (TPSA) is 18.5 Å². The van der Waals surface area contributed by atoms with Gasteiger partial charge in [0, 0.05) is 0 Å².